The van der Waals surface area contributed by atoms with Gasteiger partial charge in [-0.2, -0.15) is 0 Å². The molecule has 0 unspecified atom stereocenters. The van der Waals surface area contributed by atoms with Gasteiger partial charge in [0.05, 0.1) is 16.3 Å². The molecule has 1 heterocycles. The van der Waals surface area contributed by atoms with E-state index in [1.54, 1.807) is 6.92 Å². The van der Waals surface area contributed by atoms with Crippen LogP contribution in [0.15, 0.2) is 24.3 Å². The molecule has 1 aromatic carbocycles. The Labute approximate surface area is 96.4 Å². The Hall–Kier alpha value is -1.06. The van der Waals surface area contributed by atoms with E-state index in [4.69, 9.17) is 16.3 Å². The molecule has 2 aromatic rings. The van der Waals surface area contributed by atoms with E-state index in [0.717, 1.165) is 10.1 Å². The van der Waals surface area contributed by atoms with Gasteiger partial charge in [0.1, 0.15) is 4.88 Å². The Kier molecular flexibility index (Phi) is 2.93. The number of fused-ring (bicyclic) bond motifs is 1. The first kappa shape index (κ1) is 10.5. The standard InChI is InChI=1S/C11H9ClO2S/c1-2-14-11(13)9-6-7-4-3-5-8(12)10(7)15-9/h3-6H,2H2,1H3. The number of halogens is 1. The summed E-state index contributed by atoms with van der Waals surface area (Å²) < 4.78 is 5.86. The van der Waals surface area contributed by atoms with E-state index in [2.05, 4.69) is 0 Å². The van der Waals surface area contributed by atoms with Gasteiger partial charge in [0, 0.05) is 0 Å². The predicted octanol–water partition coefficient (Wildman–Crippen LogP) is 3.73. The van der Waals surface area contributed by atoms with Gasteiger partial charge in [0.25, 0.3) is 0 Å². The molecule has 0 bridgehead atoms. The molecular weight excluding hydrogens is 232 g/mol. The summed E-state index contributed by atoms with van der Waals surface area (Å²) in [6, 6.07) is 7.42. The minimum atomic E-state index is -0.283. The molecule has 0 N–H and O–H groups in total. The van der Waals surface area contributed by atoms with Crippen LogP contribution in [0.5, 0.6) is 0 Å². The number of ether oxygens (including phenoxy) is 1. The van der Waals surface area contributed by atoms with Crippen LogP contribution < -0.4 is 0 Å². The van der Waals surface area contributed by atoms with Crippen molar-refractivity contribution < 1.29 is 9.53 Å². The van der Waals surface area contributed by atoms with Crippen molar-refractivity contribution in [2.45, 2.75) is 6.92 Å². The first-order chi connectivity index (χ1) is 7.22. The number of benzene rings is 1. The van der Waals surface area contributed by atoms with E-state index in [9.17, 15) is 4.79 Å². The minimum absolute atomic E-state index is 0.283. The van der Waals surface area contributed by atoms with Gasteiger partial charge in [-0.1, -0.05) is 23.7 Å². The Bertz CT molecular complexity index is 504. The molecule has 0 aliphatic heterocycles. The molecule has 0 saturated heterocycles. The van der Waals surface area contributed by atoms with Gasteiger partial charge >= 0.3 is 5.97 Å². The summed E-state index contributed by atoms with van der Waals surface area (Å²) in [5, 5.41) is 1.66. The third-order valence-corrected chi connectivity index (χ3v) is 3.56. The van der Waals surface area contributed by atoms with E-state index >= 15 is 0 Å². The van der Waals surface area contributed by atoms with Crippen molar-refractivity contribution >= 4 is 39.0 Å². The summed E-state index contributed by atoms with van der Waals surface area (Å²) in [7, 11) is 0. The normalized spacial score (nSPS) is 10.5. The van der Waals surface area contributed by atoms with Crippen LogP contribution in [0.1, 0.15) is 16.6 Å². The second-order valence-corrected chi connectivity index (χ2v) is 4.45. The maximum absolute atomic E-state index is 11.5. The highest BCUT2D eigenvalue weighted by atomic mass is 35.5. The van der Waals surface area contributed by atoms with E-state index < -0.39 is 0 Å². The maximum Gasteiger partial charge on any atom is 0.348 e. The number of hydrogen-bond acceptors (Lipinski definition) is 3. The highest BCUT2D eigenvalue weighted by Crippen LogP contribution is 2.31. The molecule has 1 aromatic heterocycles. The average Bonchev–Trinajstić information content (AvgIpc) is 2.63. The molecule has 0 amide bonds. The Morgan fingerprint density at radius 3 is 3.00 bits per heavy atom. The molecule has 0 saturated carbocycles. The topological polar surface area (TPSA) is 26.3 Å². The van der Waals surface area contributed by atoms with Gasteiger partial charge in [-0.05, 0) is 24.4 Å². The lowest BCUT2D eigenvalue weighted by molar-refractivity contribution is 0.0532. The molecule has 0 aliphatic rings. The van der Waals surface area contributed by atoms with Crippen molar-refractivity contribution in [2.75, 3.05) is 6.61 Å². The molecule has 0 radical (unpaired) electrons. The average molecular weight is 241 g/mol. The zero-order valence-corrected chi connectivity index (χ0v) is 9.69. The van der Waals surface area contributed by atoms with Crippen molar-refractivity contribution in [3.8, 4) is 0 Å². The summed E-state index contributed by atoms with van der Waals surface area (Å²) in [5.41, 5.74) is 0. The third-order valence-electron chi connectivity index (χ3n) is 1.97. The molecular formula is C11H9ClO2S. The van der Waals surface area contributed by atoms with Crippen LogP contribution in [0.4, 0.5) is 0 Å². The maximum atomic E-state index is 11.5. The smallest absolute Gasteiger partial charge is 0.348 e. The zero-order chi connectivity index (χ0) is 10.8. The summed E-state index contributed by atoms with van der Waals surface area (Å²) in [4.78, 5) is 12.1. The fourth-order valence-corrected chi connectivity index (χ4v) is 2.59. The van der Waals surface area contributed by atoms with Gasteiger partial charge in [0.15, 0.2) is 0 Å². The molecule has 0 fully saturated rings. The lowest BCUT2D eigenvalue weighted by Crippen LogP contribution is -2.01. The van der Waals surface area contributed by atoms with Crippen LogP contribution in [0.3, 0.4) is 0 Å². The van der Waals surface area contributed by atoms with Crippen molar-refractivity contribution in [1.82, 2.24) is 0 Å². The van der Waals surface area contributed by atoms with Crippen molar-refractivity contribution in [3.63, 3.8) is 0 Å². The summed E-state index contributed by atoms with van der Waals surface area (Å²) in [5.74, 6) is -0.283. The molecule has 2 nitrogen and oxygen atoms in total. The van der Waals surface area contributed by atoms with E-state index in [1.165, 1.54) is 11.3 Å². The summed E-state index contributed by atoms with van der Waals surface area (Å²) in [6.07, 6.45) is 0. The molecule has 0 aliphatic carbocycles. The lowest BCUT2D eigenvalue weighted by atomic mass is 10.2. The van der Waals surface area contributed by atoms with Crippen LogP contribution in [0, 0.1) is 0 Å². The van der Waals surface area contributed by atoms with Gasteiger partial charge in [-0.3, -0.25) is 0 Å². The van der Waals surface area contributed by atoms with Gasteiger partial charge in [-0.15, -0.1) is 11.3 Å². The molecule has 0 spiro atoms. The number of hydrogen-bond donors (Lipinski definition) is 0. The van der Waals surface area contributed by atoms with E-state index in [-0.39, 0.29) is 5.97 Å². The highest BCUT2D eigenvalue weighted by Gasteiger charge is 2.12. The Morgan fingerprint density at radius 2 is 2.33 bits per heavy atom. The highest BCUT2D eigenvalue weighted by molar-refractivity contribution is 7.21. The molecule has 0 atom stereocenters. The number of esters is 1. The summed E-state index contributed by atoms with van der Waals surface area (Å²) in [6.45, 7) is 2.18. The molecule has 4 heteroatoms. The van der Waals surface area contributed by atoms with E-state index in [0.29, 0.717) is 16.5 Å². The predicted molar refractivity (Wildman–Crippen MR) is 62.8 cm³/mol. The van der Waals surface area contributed by atoms with Crippen LogP contribution in [0.25, 0.3) is 10.1 Å². The SMILES string of the molecule is CCOC(=O)c1cc2cccc(Cl)c2s1. The first-order valence-electron chi connectivity index (χ1n) is 4.57. The van der Waals surface area contributed by atoms with Gasteiger partial charge < -0.3 is 4.74 Å². The van der Waals surface area contributed by atoms with E-state index in [1.807, 2.05) is 24.3 Å². The molecule has 78 valence electrons. The van der Waals surface area contributed by atoms with Crippen LogP contribution in [-0.2, 0) is 4.74 Å². The summed E-state index contributed by atoms with van der Waals surface area (Å²) >= 11 is 7.38. The minimum Gasteiger partial charge on any atom is -0.462 e. The van der Waals surface area contributed by atoms with Crippen LogP contribution >= 0.6 is 22.9 Å². The number of carbonyl (C=O) groups excluding carboxylic acids is 1. The number of rotatable bonds is 2. The molecule has 2 rings (SSSR count). The van der Waals surface area contributed by atoms with Crippen molar-refractivity contribution in [2.24, 2.45) is 0 Å². The third kappa shape index (κ3) is 1.98. The molecule has 15 heavy (non-hydrogen) atoms. The Morgan fingerprint density at radius 1 is 1.53 bits per heavy atom. The van der Waals surface area contributed by atoms with Gasteiger partial charge in [0.2, 0.25) is 0 Å². The first-order valence-corrected chi connectivity index (χ1v) is 5.77. The van der Waals surface area contributed by atoms with Crippen LogP contribution in [-0.4, -0.2) is 12.6 Å². The Balaban J connectivity index is 2.47. The van der Waals surface area contributed by atoms with Gasteiger partial charge in [-0.25, -0.2) is 4.79 Å². The fourth-order valence-electron chi connectivity index (χ4n) is 1.33. The monoisotopic (exact) mass is 240 g/mol. The van der Waals surface area contributed by atoms with Crippen molar-refractivity contribution in [3.05, 3.63) is 34.2 Å². The zero-order valence-electron chi connectivity index (χ0n) is 8.12. The fraction of sp³-hybridized carbons (Fsp3) is 0.182. The lowest BCUT2D eigenvalue weighted by Gasteiger charge is -1.95. The second kappa shape index (κ2) is 4.21. The van der Waals surface area contributed by atoms with Crippen LogP contribution in [0.2, 0.25) is 5.02 Å². The second-order valence-electron chi connectivity index (χ2n) is 2.99. The number of carbonyl (C=O) groups is 1. The number of thiophene rings is 1. The van der Waals surface area contributed by atoms with Crippen molar-refractivity contribution in [1.29, 1.82) is 0 Å². The largest absolute Gasteiger partial charge is 0.462 e. The quantitative estimate of drug-likeness (QED) is 0.748.